The lowest BCUT2D eigenvalue weighted by atomic mass is 10.6. The molecule has 0 aromatic carbocycles. The second kappa shape index (κ2) is 2.30. The Morgan fingerprint density at radius 2 is 2.10 bits per heavy atom. The molecule has 0 saturated carbocycles. The molecule has 3 radical (unpaired) electrons. The van der Waals surface area contributed by atoms with Crippen LogP contribution < -0.4 is 0 Å². The fourth-order valence-electron chi connectivity index (χ4n) is 0.403. The van der Waals surface area contributed by atoms with Gasteiger partial charge in [0, 0.05) is 0 Å². The Morgan fingerprint density at radius 1 is 1.50 bits per heavy atom. The third-order valence-corrected chi connectivity index (χ3v) is 0.955. The molecule has 1 rings (SSSR count). The van der Waals surface area contributed by atoms with Crippen molar-refractivity contribution in [1.82, 2.24) is 4.90 Å². The topological polar surface area (TPSA) is 15.6 Å². The Labute approximate surface area is 60.3 Å². The average molecular weight is 170 g/mol. The van der Waals surface area contributed by atoms with Gasteiger partial charge in [-0.3, -0.25) is 4.90 Å². The van der Waals surface area contributed by atoms with E-state index in [1.54, 1.807) is 12.9 Å². The summed E-state index contributed by atoms with van der Waals surface area (Å²) in [6, 6.07) is 0. The fraction of sp³-hybridized carbons (Fsp3) is 0.500. The van der Waals surface area contributed by atoms with Crippen molar-refractivity contribution in [2.24, 2.45) is 4.99 Å². The molecule has 55 valence electrons. The maximum Gasteiger partial charge on any atom is 0.486 e. The molecule has 0 bridgehead atoms. The number of hydrogen-bond donors (Lipinski definition) is 0. The maximum atomic E-state index is 11.6. The van der Waals surface area contributed by atoms with Gasteiger partial charge in [-0.05, 0) is 0 Å². The Hall–Kier alpha value is -0.450. The summed E-state index contributed by atoms with van der Waals surface area (Å²) in [5.41, 5.74) is -1.07. The van der Waals surface area contributed by atoms with E-state index in [0.717, 1.165) is 0 Å². The van der Waals surface area contributed by atoms with Crippen molar-refractivity contribution in [2.75, 3.05) is 0 Å². The molecule has 0 amide bonds. The van der Waals surface area contributed by atoms with Gasteiger partial charge in [-0.25, -0.2) is 4.99 Å². The molecule has 0 fully saturated rings. The molecule has 1 atom stereocenters. The zero-order chi connectivity index (χ0) is 7.78. The van der Waals surface area contributed by atoms with Crippen molar-refractivity contribution in [3.8, 4) is 0 Å². The first-order chi connectivity index (χ1) is 4.50. The van der Waals surface area contributed by atoms with Crippen molar-refractivity contribution < 1.29 is 13.2 Å². The van der Waals surface area contributed by atoms with E-state index >= 15 is 0 Å². The second-order valence-electron chi connectivity index (χ2n) is 1.50. The summed E-state index contributed by atoms with van der Waals surface area (Å²) in [5.74, 6) is 0. The Bertz CT molecular complexity index is 155. The van der Waals surface area contributed by atoms with Crippen LogP contribution in [0.1, 0.15) is 0 Å². The van der Waals surface area contributed by atoms with Gasteiger partial charge in [-0.2, -0.15) is 0 Å². The fourth-order valence-corrected chi connectivity index (χ4v) is 0.544. The molecule has 1 heterocycles. The van der Waals surface area contributed by atoms with Gasteiger partial charge in [0.25, 0.3) is 0 Å². The van der Waals surface area contributed by atoms with Gasteiger partial charge in [0.15, 0.2) is 11.8 Å². The van der Waals surface area contributed by atoms with E-state index in [0.29, 0.717) is 0 Å². The van der Waals surface area contributed by atoms with Crippen LogP contribution in [0, 0.1) is 6.54 Å². The third kappa shape index (κ3) is 1.53. The largest absolute Gasteiger partial charge is 0.486 e. The smallest absolute Gasteiger partial charge is 0.250 e. The van der Waals surface area contributed by atoms with Gasteiger partial charge in [0.1, 0.15) is 6.54 Å². The normalized spacial score (nSPS) is 26.0. The summed E-state index contributed by atoms with van der Waals surface area (Å²) in [4.78, 5) is 2.86. The molecule has 0 saturated heterocycles. The highest BCUT2D eigenvalue weighted by Crippen LogP contribution is 2.26. The molecule has 0 aromatic rings. The third-order valence-electron chi connectivity index (χ3n) is 0.760. The van der Waals surface area contributed by atoms with Crippen LogP contribution in [0.3, 0.4) is 0 Å². The van der Waals surface area contributed by atoms with Crippen LogP contribution in [-0.2, 0) is 0 Å². The molecule has 0 aromatic heterocycles. The first kappa shape index (κ1) is 7.65. The SMILES string of the molecule is FC(F)(F)N1[C]C(Cl)N=[C]1. The number of nitrogens with zero attached hydrogens (tertiary/aromatic N) is 2. The molecular weight excluding hydrogens is 169 g/mol. The Morgan fingerprint density at radius 3 is 2.30 bits per heavy atom. The molecular formula is C4HClF3N2. The molecule has 6 heteroatoms. The minimum atomic E-state index is -4.51. The van der Waals surface area contributed by atoms with Gasteiger partial charge < -0.3 is 0 Å². The van der Waals surface area contributed by atoms with Crippen LogP contribution in [0.15, 0.2) is 4.99 Å². The van der Waals surface area contributed by atoms with Crippen LogP contribution in [0.25, 0.3) is 0 Å². The summed E-state index contributed by atoms with van der Waals surface area (Å²) in [6.45, 7) is 1.79. The van der Waals surface area contributed by atoms with E-state index in [1.807, 2.05) is 0 Å². The summed E-state index contributed by atoms with van der Waals surface area (Å²) in [7, 11) is 0. The van der Waals surface area contributed by atoms with Crippen molar-refractivity contribution in [1.29, 1.82) is 0 Å². The predicted molar refractivity (Wildman–Crippen MR) is 28.2 cm³/mol. The predicted octanol–water partition coefficient (Wildman–Crippen LogP) is 1.33. The first-order valence-electron chi connectivity index (χ1n) is 2.23. The van der Waals surface area contributed by atoms with Gasteiger partial charge in [-0.1, -0.05) is 11.6 Å². The number of rotatable bonds is 0. The van der Waals surface area contributed by atoms with Crippen LogP contribution in [0.4, 0.5) is 13.2 Å². The van der Waals surface area contributed by atoms with Crippen LogP contribution >= 0.6 is 11.6 Å². The van der Waals surface area contributed by atoms with Crippen molar-refractivity contribution in [3.63, 3.8) is 0 Å². The van der Waals surface area contributed by atoms with Crippen LogP contribution in [-0.4, -0.2) is 23.0 Å². The monoisotopic (exact) mass is 169 g/mol. The zero-order valence-corrected chi connectivity index (χ0v) is 5.24. The molecule has 0 spiro atoms. The van der Waals surface area contributed by atoms with Crippen LogP contribution in [0.5, 0.6) is 0 Å². The average Bonchev–Trinajstić information content (AvgIpc) is 2.11. The Kier molecular flexibility index (Phi) is 1.76. The number of aliphatic imine (C=N–C) groups is 1. The lowest BCUT2D eigenvalue weighted by Crippen LogP contribution is -2.32. The summed E-state index contributed by atoms with van der Waals surface area (Å²) >= 11 is 5.13. The van der Waals surface area contributed by atoms with E-state index in [2.05, 4.69) is 4.99 Å². The quantitative estimate of drug-likeness (QED) is 0.395. The van der Waals surface area contributed by atoms with Crippen molar-refractivity contribution in [3.05, 3.63) is 6.54 Å². The molecule has 1 unspecified atom stereocenters. The van der Waals surface area contributed by atoms with E-state index in [1.165, 1.54) is 0 Å². The van der Waals surface area contributed by atoms with Gasteiger partial charge in [-0.15, -0.1) is 13.2 Å². The van der Waals surface area contributed by atoms with Crippen LogP contribution in [0.2, 0.25) is 0 Å². The summed E-state index contributed by atoms with van der Waals surface area (Å²) in [6.07, 6.45) is -2.87. The summed E-state index contributed by atoms with van der Waals surface area (Å²) < 4.78 is 34.8. The van der Waals surface area contributed by atoms with Gasteiger partial charge >= 0.3 is 6.30 Å². The van der Waals surface area contributed by atoms with E-state index in [9.17, 15) is 13.2 Å². The Balaban J connectivity index is 2.55. The highest BCUT2D eigenvalue weighted by molar-refractivity contribution is 6.22. The van der Waals surface area contributed by atoms with Crippen molar-refractivity contribution in [2.45, 2.75) is 11.8 Å². The van der Waals surface area contributed by atoms with E-state index in [4.69, 9.17) is 11.6 Å². The minimum absolute atomic E-state index is 0.231. The molecule has 10 heavy (non-hydrogen) atoms. The van der Waals surface area contributed by atoms with Gasteiger partial charge in [0.05, 0.1) is 0 Å². The molecule has 0 aliphatic carbocycles. The first-order valence-corrected chi connectivity index (χ1v) is 2.66. The highest BCUT2D eigenvalue weighted by atomic mass is 35.5. The lowest BCUT2D eigenvalue weighted by Gasteiger charge is -2.14. The van der Waals surface area contributed by atoms with Gasteiger partial charge in [0.2, 0.25) is 0 Å². The standard InChI is InChI=1S/C4HClF3N2/c5-3-1-10(2-9-3)4(6,7)8/h3H. The molecule has 1 aliphatic rings. The molecule has 1 aliphatic heterocycles. The minimum Gasteiger partial charge on any atom is -0.250 e. The van der Waals surface area contributed by atoms with E-state index in [-0.39, 0.29) is 4.90 Å². The maximum absolute atomic E-state index is 11.6. The number of alkyl halides is 4. The van der Waals surface area contributed by atoms with Crippen molar-refractivity contribution >= 4 is 17.9 Å². The highest BCUT2D eigenvalue weighted by Gasteiger charge is 2.40. The summed E-state index contributed by atoms with van der Waals surface area (Å²) in [5, 5.41) is 0. The molecule has 0 N–H and O–H groups in total. The number of halogens is 4. The zero-order valence-electron chi connectivity index (χ0n) is 4.48. The van der Waals surface area contributed by atoms with E-state index < -0.39 is 11.8 Å². The second-order valence-corrected chi connectivity index (χ2v) is 1.91. The number of hydrogen-bond acceptors (Lipinski definition) is 2. The lowest BCUT2D eigenvalue weighted by molar-refractivity contribution is -0.204. The molecule has 2 nitrogen and oxygen atoms in total.